The first-order valence-electron chi connectivity index (χ1n) is 12.6. The molecule has 0 aromatic carbocycles. The van der Waals surface area contributed by atoms with Crippen LogP contribution in [0.15, 0.2) is 0 Å². The molecule has 0 aromatic heterocycles. The third-order valence-corrected chi connectivity index (χ3v) is 7.05. The molecule has 4 heteroatoms. The van der Waals surface area contributed by atoms with Crippen molar-refractivity contribution in [2.75, 3.05) is 12.8 Å². The molecule has 0 rings (SSSR count). The number of rotatable bonds is 23. The molecule has 0 radical (unpaired) electrons. The van der Waals surface area contributed by atoms with Crippen LogP contribution in [0.4, 0.5) is 0 Å². The van der Waals surface area contributed by atoms with Gasteiger partial charge in [0.25, 0.3) is 0 Å². The Labute approximate surface area is 177 Å². The first-order chi connectivity index (χ1) is 13.6. The molecule has 0 amide bonds. The lowest BCUT2D eigenvalue weighted by atomic mass is 10.0. The summed E-state index contributed by atoms with van der Waals surface area (Å²) in [7, 11) is -3.33. The van der Waals surface area contributed by atoms with Gasteiger partial charge in [0.1, 0.15) is 0 Å². The highest BCUT2D eigenvalue weighted by atomic mass is 31.2. The second kappa shape index (κ2) is 21.8. The van der Waals surface area contributed by atoms with E-state index in [1.165, 1.54) is 103 Å². The van der Waals surface area contributed by atoms with E-state index >= 15 is 0 Å². The second-order valence-corrected chi connectivity index (χ2v) is 10.5. The number of unbranched alkanes of at least 4 members (excludes halogenated alkanes) is 18. The van der Waals surface area contributed by atoms with Gasteiger partial charge in [-0.2, -0.15) is 0 Å². The SMILES string of the molecule is CCCCCCCCCCCCCCCCOP(=O)(O)CCCCCCCC. The summed E-state index contributed by atoms with van der Waals surface area (Å²) in [6.45, 7) is 4.92. The highest BCUT2D eigenvalue weighted by molar-refractivity contribution is 7.52. The van der Waals surface area contributed by atoms with Crippen molar-refractivity contribution in [2.24, 2.45) is 0 Å². The van der Waals surface area contributed by atoms with Crippen LogP contribution in [0.2, 0.25) is 0 Å². The van der Waals surface area contributed by atoms with Gasteiger partial charge in [-0.3, -0.25) is 4.57 Å². The van der Waals surface area contributed by atoms with Crippen LogP contribution in [0.3, 0.4) is 0 Å². The maximum atomic E-state index is 12.0. The fourth-order valence-corrected chi connectivity index (χ4v) is 4.83. The summed E-state index contributed by atoms with van der Waals surface area (Å²) in [5, 5.41) is 0. The van der Waals surface area contributed by atoms with Gasteiger partial charge in [0.2, 0.25) is 0 Å². The van der Waals surface area contributed by atoms with Crippen molar-refractivity contribution in [3.05, 3.63) is 0 Å². The Morgan fingerprint density at radius 2 is 0.857 bits per heavy atom. The van der Waals surface area contributed by atoms with Gasteiger partial charge in [-0.05, 0) is 12.8 Å². The summed E-state index contributed by atoms with van der Waals surface area (Å²) in [6.07, 6.45) is 25.6. The summed E-state index contributed by atoms with van der Waals surface area (Å²) < 4.78 is 17.2. The Balaban J connectivity index is 3.26. The third kappa shape index (κ3) is 22.4. The lowest BCUT2D eigenvalue weighted by Crippen LogP contribution is -1.97. The molecule has 3 nitrogen and oxygen atoms in total. The minimum atomic E-state index is -3.33. The van der Waals surface area contributed by atoms with Crippen molar-refractivity contribution in [3.8, 4) is 0 Å². The zero-order valence-electron chi connectivity index (χ0n) is 19.3. The van der Waals surface area contributed by atoms with Crippen LogP contribution >= 0.6 is 7.60 Å². The van der Waals surface area contributed by atoms with E-state index in [-0.39, 0.29) is 0 Å². The molecule has 0 heterocycles. The first-order valence-corrected chi connectivity index (χ1v) is 14.3. The minimum Gasteiger partial charge on any atom is -0.324 e. The van der Waals surface area contributed by atoms with Gasteiger partial charge < -0.3 is 9.42 Å². The van der Waals surface area contributed by atoms with Gasteiger partial charge in [0.05, 0.1) is 6.61 Å². The van der Waals surface area contributed by atoms with E-state index in [1.807, 2.05) is 0 Å². The minimum absolute atomic E-state index is 0.331. The normalized spacial score (nSPS) is 13.7. The Morgan fingerprint density at radius 3 is 1.25 bits per heavy atom. The van der Waals surface area contributed by atoms with Crippen molar-refractivity contribution in [1.29, 1.82) is 0 Å². The predicted octanol–water partition coefficient (Wildman–Crippen LogP) is 9.03. The molecule has 0 fully saturated rings. The zero-order valence-corrected chi connectivity index (χ0v) is 20.2. The van der Waals surface area contributed by atoms with Crippen LogP contribution in [-0.4, -0.2) is 17.7 Å². The molecule has 1 atom stereocenters. The van der Waals surface area contributed by atoms with Crippen LogP contribution in [0.1, 0.15) is 142 Å². The van der Waals surface area contributed by atoms with Crippen LogP contribution in [-0.2, 0) is 9.09 Å². The van der Waals surface area contributed by atoms with Crippen molar-refractivity contribution >= 4 is 7.60 Å². The van der Waals surface area contributed by atoms with Crippen LogP contribution < -0.4 is 0 Å². The molecule has 0 aliphatic carbocycles. The topological polar surface area (TPSA) is 46.5 Å². The molecular weight excluding hydrogens is 367 g/mol. The monoisotopic (exact) mass is 418 g/mol. The summed E-state index contributed by atoms with van der Waals surface area (Å²) in [5.74, 6) is 0. The van der Waals surface area contributed by atoms with Gasteiger partial charge in [-0.1, -0.05) is 129 Å². The van der Waals surface area contributed by atoms with Gasteiger partial charge >= 0.3 is 7.60 Å². The molecule has 0 saturated heterocycles. The van der Waals surface area contributed by atoms with Gasteiger partial charge in [-0.15, -0.1) is 0 Å². The van der Waals surface area contributed by atoms with Crippen molar-refractivity contribution in [2.45, 2.75) is 142 Å². The fraction of sp³-hybridized carbons (Fsp3) is 1.00. The van der Waals surface area contributed by atoms with Crippen molar-refractivity contribution in [3.63, 3.8) is 0 Å². The summed E-state index contributed by atoms with van der Waals surface area (Å²) in [4.78, 5) is 9.85. The van der Waals surface area contributed by atoms with E-state index in [2.05, 4.69) is 13.8 Å². The molecule has 0 spiro atoms. The van der Waals surface area contributed by atoms with E-state index in [9.17, 15) is 9.46 Å². The summed E-state index contributed by atoms with van der Waals surface area (Å²) >= 11 is 0. The van der Waals surface area contributed by atoms with E-state index in [0.717, 1.165) is 25.7 Å². The van der Waals surface area contributed by atoms with E-state index in [4.69, 9.17) is 4.52 Å². The molecule has 170 valence electrons. The Bertz CT molecular complexity index is 347. The van der Waals surface area contributed by atoms with Crippen LogP contribution in [0, 0.1) is 0 Å². The lowest BCUT2D eigenvalue weighted by molar-refractivity contribution is 0.251. The van der Waals surface area contributed by atoms with E-state index in [1.54, 1.807) is 0 Å². The molecule has 0 aliphatic heterocycles. The third-order valence-electron chi connectivity index (χ3n) is 5.59. The van der Waals surface area contributed by atoms with E-state index < -0.39 is 7.60 Å². The second-order valence-electron chi connectivity index (χ2n) is 8.56. The lowest BCUT2D eigenvalue weighted by Gasteiger charge is -2.12. The maximum Gasteiger partial charge on any atom is 0.328 e. The first kappa shape index (κ1) is 28.1. The Hall–Kier alpha value is 0.150. The number of hydrogen-bond acceptors (Lipinski definition) is 2. The average Bonchev–Trinajstić information content (AvgIpc) is 2.67. The maximum absolute atomic E-state index is 12.0. The van der Waals surface area contributed by atoms with Gasteiger partial charge in [0.15, 0.2) is 0 Å². The van der Waals surface area contributed by atoms with Crippen LogP contribution in [0.25, 0.3) is 0 Å². The molecule has 0 saturated carbocycles. The zero-order chi connectivity index (χ0) is 20.8. The largest absolute Gasteiger partial charge is 0.328 e. The van der Waals surface area contributed by atoms with Crippen molar-refractivity contribution in [1.82, 2.24) is 0 Å². The smallest absolute Gasteiger partial charge is 0.324 e. The highest BCUT2D eigenvalue weighted by Gasteiger charge is 2.17. The Morgan fingerprint density at radius 1 is 0.536 bits per heavy atom. The summed E-state index contributed by atoms with van der Waals surface area (Å²) in [6, 6.07) is 0. The predicted molar refractivity (Wildman–Crippen MR) is 124 cm³/mol. The molecule has 1 N–H and O–H groups in total. The fourth-order valence-electron chi connectivity index (χ4n) is 3.66. The standard InChI is InChI=1S/C24H51O3P/c1-3-5-7-9-11-12-13-14-15-16-17-18-19-21-23-27-28(25,26)24-22-20-10-8-6-4-2/h3-24H2,1-2H3,(H,25,26). The van der Waals surface area contributed by atoms with Gasteiger partial charge in [0, 0.05) is 6.16 Å². The summed E-state index contributed by atoms with van der Waals surface area (Å²) in [5.41, 5.74) is 0. The van der Waals surface area contributed by atoms with Gasteiger partial charge in [-0.25, -0.2) is 0 Å². The average molecular weight is 419 g/mol. The highest BCUT2D eigenvalue weighted by Crippen LogP contribution is 2.43. The molecule has 28 heavy (non-hydrogen) atoms. The Kier molecular flexibility index (Phi) is 22.0. The number of hydrogen-bond donors (Lipinski definition) is 1. The molecular formula is C24H51O3P. The van der Waals surface area contributed by atoms with E-state index in [0.29, 0.717) is 12.8 Å². The van der Waals surface area contributed by atoms with Crippen LogP contribution in [0.5, 0.6) is 0 Å². The van der Waals surface area contributed by atoms with Crippen molar-refractivity contribution < 1.29 is 14.0 Å². The molecule has 1 unspecified atom stereocenters. The molecule has 0 bridgehead atoms. The molecule has 0 aromatic rings. The quantitative estimate of drug-likeness (QED) is 0.133. The molecule has 0 aliphatic rings.